The topological polar surface area (TPSA) is 84.7 Å². The summed E-state index contributed by atoms with van der Waals surface area (Å²) in [5.74, 6) is 0.272. The predicted octanol–water partition coefficient (Wildman–Crippen LogP) is 4.15. The van der Waals surface area contributed by atoms with Crippen molar-refractivity contribution in [3.05, 3.63) is 64.4 Å². The van der Waals surface area contributed by atoms with E-state index in [2.05, 4.69) is 12.0 Å². The molecule has 0 aliphatic carbocycles. The number of para-hydroxylation sites is 1. The minimum atomic E-state index is -3.50. The molecule has 188 valence electrons. The Balaban J connectivity index is 1.53. The number of anilines is 1. The quantitative estimate of drug-likeness (QED) is 0.356. The maximum atomic E-state index is 13.4. The third kappa shape index (κ3) is 5.94. The third-order valence-corrected chi connectivity index (χ3v) is 9.35. The molecule has 35 heavy (non-hydrogen) atoms. The Labute approximate surface area is 210 Å². The molecule has 0 N–H and O–H groups in total. The summed E-state index contributed by atoms with van der Waals surface area (Å²) in [5, 5.41) is 6.18. The van der Waals surface area contributed by atoms with Gasteiger partial charge in [0.1, 0.15) is 9.90 Å². The van der Waals surface area contributed by atoms with Gasteiger partial charge in [0, 0.05) is 26.2 Å². The molecular formula is C25H32N4O4S2. The van der Waals surface area contributed by atoms with Crippen LogP contribution >= 0.6 is 11.3 Å². The molecule has 0 unspecified atom stereocenters. The number of nitrogens with zero attached hydrogens (tertiary/aromatic N) is 4. The highest BCUT2D eigenvalue weighted by Crippen LogP contribution is 2.28. The molecule has 1 saturated heterocycles. The van der Waals surface area contributed by atoms with Crippen LogP contribution in [-0.2, 0) is 10.0 Å². The van der Waals surface area contributed by atoms with Crippen LogP contribution in [0.15, 0.2) is 63.0 Å². The van der Waals surface area contributed by atoms with E-state index in [1.807, 2.05) is 35.2 Å². The van der Waals surface area contributed by atoms with Gasteiger partial charge in [-0.3, -0.25) is 4.79 Å². The predicted molar refractivity (Wildman–Crippen MR) is 139 cm³/mol. The molecule has 8 nitrogen and oxygen atoms in total. The van der Waals surface area contributed by atoms with E-state index >= 15 is 0 Å². The summed E-state index contributed by atoms with van der Waals surface area (Å²) in [6.45, 7) is 4.20. The van der Waals surface area contributed by atoms with Crippen molar-refractivity contribution in [1.29, 1.82) is 0 Å². The second-order valence-electron chi connectivity index (χ2n) is 8.50. The highest BCUT2D eigenvalue weighted by molar-refractivity contribution is 7.91. The fraction of sp³-hybridized carbons (Fsp3) is 0.440. The molecule has 1 fully saturated rings. The van der Waals surface area contributed by atoms with Crippen LogP contribution in [0, 0.1) is 0 Å². The average Bonchev–Trinajstić information content (AvgIpc) is 3.44. The van der Waals surface area contributed by atoms with Crippen LogP contribution in [0.2, 0.25) is 0 Å². The molecule has 3 aromatic rings. The van der Waals surface area contributed by atoms with E-state index in [4.69, 9.17) is 4.74 Å². The number of aromatic nitrogens is 2. The SMILES string of the molecule is CCCCCCCOc1c(N2CCN(S(=O)(=O)c3cccs3)CC2)cnn(-c2ccccc2)c1=O. The number of ether oxygens (including phenoxy) is 1. The zero-order valence-corrected chi connectivity index (χ0v) is 21.6. The van der Waals surface area contributed by atoms with Gasteiger partial charge in [0.25, 0.3) is 10.0 Å². The number of thiophene rings is 1. The Bertz CT molecular complexity index is 1240. The molecule has 1 aromatic carbocycles. The molecule has 1 aliphatic heterocycles. The Morgan fingerprint density at radius 1 is 0.971 bits per heavy atom. The van der Waals surface area contributed by atoms with E-state index in [1.54, 1.807) is 23.7 Å². The largest absolute Gasteiger partial charge is 0.486 e. The Hall–Kier alpha value is -2.69. The number of piperazine rings is 1. The van der Waals surface area contributed by atoms with Crippen LogP contribution in [0.3, 0.4) is 0 Å². The molecule has 10 heteroatoms. The maximum Gasteiger partial charge on any atom is 0.316 e. The molecule has 4 rings (SSSR count). The fourth-order valence-electron chi connectivity index (χ4n) is 4.13. The molecule has 0 saturated carbocycles. The summed E-state index contributed by atoms with van der Waals surface area (Å²) in [6, 6.07) is 12.6. The molecule has 0 radical (unpaired) electrons. The van der Waals surface area contributed by atoms with Gasteiger partial charge in [0.2, 0.25) is 5.75 Å². The smallest absolute Gasteiger partial charge is 0.316 e. The van der Waals surface area contributed by atoms with E-state index in [0.717, 1.165) is 19.3 Å². The maximum absolute atomic E-state index is 13.4. The van der Waals surface area contributed by atoms with Gasteiger partial charge < -0.3 is 9.64 Å². The summed E-state index contributed by atoms with van der Waals surface area (Å²) < 4.78 is 35.1. The second kappa shape index (κ2) is 11.8. The standard InChI is InChI=1S/C25H32N4O4S2/c1-2-3-4-5-9-18-33-24-22(20-26-29(25(24)30)21-11-7-6-8-12-21)27-14-16-28(17-15-27)35(31,32)23-13-10-19-34-23/h6-8,10-13,19-20H,2-5,9,14-18H2,1H3. The summed E-state index contributed by atoms with van der Waals surface area (Å²) in [6.07, 6.45) is 7.10. The van der Waals surface area contributed by atoms with E-state index in [0.29, 0.717) is 48.4 Å². The highest BCUT2D eigenvalue weighted by Gasteiger charge is 2.31. The number of rotatable bonds is 11. The Kier molecular flexibility index (Phi) is 8.59. The number of unbranched alkanes of at least 4 members (excludes halogenated alkanes) is 4. The first-order chi connectivity index (χ1) is 17.0. The lowest BCUT2D eigenvalue weighted by Gasteiger charge is -2.35. The van der Waals surface area contributed by atoms with Gasteiger partial charge in [-0.05, 0) is 30.0 Å². The molecule has 1 aliphatic rings. The number of sulfonamides is 1. The van der Waals surface area contributed by atoms with Crippen molar-refractivity contribution in [1.82, 2.24) is 14.1 Å². The summed E-state index contributed by atoms with van der Waals surface area (Å²) in [7, 11) is -3.50. The van der Waals surface area contributed by atoms with E-state index in [1.165, 1.54) is 33.2 Å². The minimum absolute atomic E-state index is 0.272. The monoisotopic (exact) mass is 516 g/mol. The van der Waals surface area contributed by atoms with Gasteiger partial charge in [-0.2, -0.15) is 14.1 Å². The highest BCUT2D eigenvalue weighted by atomic mass is 32.2. The average molecular weight is 517 g/mol. The van der Waals surface area contributed by atoms with Crippen molar-refractivity contribution in [2.24, 2.45) is 0 Å². The number of hydrogen-bond donors (Lipinski definition) is 0. The number of hydrogen-bond acceptors (Lipinski definition) is 7. The summed E-state index contributed by atoms with van der Waals surface area (Å²) >= 11 is 1.22. The lowest BCUT2D eigenvalue weighted by Crippen LogP contribution is -2.49. The van der Waals surface area contributed by atoms with E-state index in [-0.39, 0.29) is 11.3 Å². The van der Waals surface area contributed by atoms with Gasteiger partial charge in [-0.25, -0.2) is 8.42 Å². The fourth-order valence-corrected chi connectivity index (χ4v) is 6.70. The van der Waals surface area contributed by atoms with Crippen molar-refractivity contribution >= 4 is 27.0 Å². The van der Waals surface area contributed by atoms with Crippen LogP contribution in [0.1, 0.15) is 39.0 Å². The Morgan fingerprint density at radius 3 is 2.40 bits per heavy atom. The lowest BCUT2D eigenvalue weighted by atomic mass is 10.2. The summed E-state index contributed by atoms with van der Waals surface area (Å²) in [4.78, 5) is 15.4. The Morgan fingerprint density at radius 2 is 1.71 bits per heavy atom. The van der Waals surface area contributed by atoms with Crippen molar-refractivity contribution in [3.63, 3.8) is 0 Å². The van der Waals surface area contributed by atoms with Crippen LogP contribution in [0.5, 0.6) is 5.75 Å². The molecule has 0 spiro atoms. The first kappa shape index (κ1) is 25.4. The van der Waals surface area contributed by atoms with Crippen molar-refractivity contribution < 1.29 is 13.2 Å². The molecule has 3 heterocycles. The van der Waals surface area contributed by atoms with Gasteiger partial charge in [-0.15, -0.1) is 11.3 Å². The van der Waals surface area contributed by atoms with E-state index in [9.17, 15) is 13.2 Å². The van der Waals surface area contributed by atoms with Crippen LogP contribution in [-0.4, -0.2) is 55.3 Å². The van der Waals surface area contributed by atoms with Gasteiger partial charge >= 0.3 is 5.56 Å². The third-order valence-electron chi connectivity index (χ3n) is 6.08. The second-order valence-corrected chi connectivity index (χ2v) is 11.6. The van der Waals surface area contributed by atoms with Gasteiger partial charge in [0.05, 0.1) is 18.5 Å². The molecule has 2 aromatic heterocycles. The molecule has 0 atom stereocenters. The normalized spacial score (nSPS) is 14.8. The van der Waals surface area contributed by atoms with Gasteiger partial charge in [-0.1, -0.05) is 56.9 Å². The molecular weight excluding hydrogens is 484 g/mol. The number of benzene rings is 1. The zero-order valence-electron chi connectivity index (χ0n) is 20.0. The minimum Gasteiger partial charge on any atom is -0.486 e. The zero-order chi connectivity index (χ0) is 24.7. The first-order valence-electron chi connectivity index (χ1n) is 12.1. The summed E-state index contributed by atoms with van der Waals surface area (Å²) in [5.41, 5.74) is 0.975. The van der Waals surface area contributed by atoms with Crippen LogP contribution < -0.4 is 15.2 Å². The van der Waals surface area contributed by atoms with Crippen molar-refractivity contribution in [2.75, 3.05) is 37.7 Å². The van der Waals surface area contributed by atoms with E-state index < -0.39 is 10.0 Å². The van der Waals surface area contributed by atoms with Crippen molar-refractivity contribution in [3.8, 4) is 11.4 Å². The van der Waals surface area contributed by atoms with Gasteiger partial charge in [0.15, 0.2) is 0 Å². The molecule has 0 amide bonds. The molecule has 0 bridgehead atoms. The van der Waals surface area contributed by atoms with Crippen molar-refractivity contribution in [2.45, 2.75) is 43.2 Å². The van der Waals surface area contributed by atoms with Crippen LogP contribution in [0.25, 0.3) is 5.69 Å². The lowest BCUT2D eigenvalue weighted by molar-refractivity contribution is 0.297. The first-order valence-corrected chi connectivity index (χ1v) is 14.4. The van der Waals surface area contributed by atoms with Crippen LogP contribution in [0.4, 0.5) is 5.69 Å².